The second-order valence-corrected chi connectivity index (χ2v) is 21.7. The lowest BCUT2D eigenvalue weighted by Crippen LogP contribution is -2.15. The van der Waals surface area contributed by atoms with Gasteiger partial charge in [0, 0.05) is 54.9 Å². The van der Waals surface area contributed by atoms with Crippen molar-refractivity contribution in [2.45, 2.75) is 38.5 Å². The molecular weight excluding hydrogens is 897 g/mol. The molecule has 4 nitrogen and oxygen atoms in total. The van der Waals surface area contributed by atoms with E-state index in [2.05, 4.69) is 255 Å². The van der Waals surface area contributed by atoms with Crippen LogP contribution in [0, 0.1) is 0 Å². The van der Waals surface area contributed by atoms with Crippen molar-refractivity contribution >= 4 is 76.2 Å². The van der Waals surface area contributed by atoms with Crippen LogP contribution in [-0.2, 0) is 10.8 Å². The van der Waals surface area contributed by atoms with Gasteiger partial charge in [-0.05, 0) is 133 Å². The Kier molecular flexibility index (Phi) is 8.27. The predicted octanol–water partition coefficient (Wildman–Crippen LogP) is 18.1. The van der Waals surface area contributed by atoms with Gasteiger partial charge in [-0.2, -0.15) is 0 Å². The third-order valence-corrected chi connectivity index (χ3v) is 17.1. The molecule has 0 amide bonds. The number of hydrogen-bond donors (Lipinski definition) is 0. The average Bonchev–Trinajstić information content (AvgIpc) is 4.10. The first-order valence-corrected chi connectivity index (χ1v) is 25.9. The lowest BCUT2D eigenvalue weighted by molar-refractivity contribution is 0.660. The topological polar surface area (TPSA) is 35.6 Å². The van der Waals surface area contributed by atoms with Crippen molar-refractivity contribution < 1.29 is 0 Å². The van der Waals surface area contributed by atoms with Gasteiger partial charge in [0.05, 0.1) is 44.5 Å². The zero-order valence-electron chi connectivity index (χ0n) is 41.6. The molecule has 14 aromatic rings. The van der Waals surface area contributed by atoms with Gasteiger partial charge in [0.15, 0.2) is 0 Å². The molecule has 0 N–H and O–H groups in total. The van der Waals surface area contributed by atoms with Crippen LogP contribution in [0.3, 0.4) is 0 Å². The van der Waals surface area contributed by atoms with Crippen LogP contribution < -0.4 is 0 Å². The number of benzene rings is 11. The van der Waals surface area contributed by atoms with Gasteiger partial charge in [-0.1, -0.05) is 179 Å². The molecule has 3 heterocycles. The van der Waals surface area contributed by atoms with Crippen LogP contribution in [0.2, 0.25) is 0 Å². The monoisotopic (exact) mass is 944 g/mol. The second-order valence-electron chi connectivity index (χ2n) is 21.7. The van der Waals surface area contributed by atoms with Crippen molar-refractivity contribution in [3.8, 4) is 56.1 Å². The fourth-order valence-corrected chi connectivity index (χ4v) is 13.5. The van der Waals surface area contributed by atoms with Gasteiger partial charge < -0.3 is 9.13 Å². The van der Waals surface area contributed by atoms with Crippen LogP contribution in [0.15, 0.2) is 218 Å². The number of rotatable bonds is 4. The molecule has 0 atom stereocenters. The molecule has 0 saturated carbocycles. The fourth-order valence-electron chi connectivity index (χ4n) is 13.5. The molecule has 11 aromatic carbocycles. The van der Waals surface area contributed by atoms with E-state index in [0.29, 0.717) is 0 Å². The fraction of sp³-hybridized carbons (Fsp3) is 0.0857. The molecule has 0 radical (unpaired) electrons. The minimum atomic E-state index is -0.172. The Balaban J connectivity index is 0.966. The van der Waals surface area contributed by atoms with E-state index in [9.17, 15) is 0 Å². The van der Waals surface area contributed by atoms with Crippen molar-refractivity contribution in [1.29, 1.82) is 0 Å². The van der Waals surface area contributed by atoms with E-state index < -0.39 is 0 Å². The second kappa shape index (κ2) is 14.7. The summed E-state index contributed by atoms with van der Waals surface area (Å²) in [6, 6.07) is 80.9. The molecule has 4 heteroatoms. The van der Waals surface area contributed by atoms with E-state index in [0.717, 1.165) is 56.0 Å². The summed E-state index contributed by atoms with van der Waals surface area (Å²) in [5.74, 6) is 0. The highest BCUT2D eigenvalue weighted by molar-refractivity contribution is 6.28. The number of aromatic nitrogens is 4. The summed E-state index contributed by atoms with van der Waals surface area (Å²) >= 11 is 0. The Morgan fingerprint density at radius 3 is 1.35 bits per heavy atom. The maximum Gasteiger partial charge on any atom is 0.0973 e. The summed E-state index contributed by atoms with van der Waals surface area (Å²) in [6.07, 6.45) is 0. The van der Waals surface area contributed by atoms with Gasteiger partial charge in [0.2, 0.25) is 0 Å². The predicted molar refractivity (Wildman–Crippen MR) is 309 cm³/mol. The Labute approximate surface area is 428 Å². The smallest absolute Gasteiger partial charge is 0.0973 e. The van der Waals surface area contributed by atoms with Crippen molar-refractivity contribution in [2.75, 3.05) is 0 Å². The first-order chi connectivity index (χ1) is 36.2. The van der Waals surface area contributed by atoms with E-state index in [1.54, 1.807) is 0 Å². The summed E-state index contributed by atoms with van der Waals surface area (Å²) < 4.78 is 4.91. The number of hydrogen-bond acceptors (Lipinski definition) is 2. The SMILES string of the molecule is CC1(C)c2ccccc2-c2ccc(-c3nc4ccc(-n5c6cc7c(cc6c6c8ccccc8ccc65)c5c6ccccc6ccc5n7-c5ccccc5)cc4nc3-c3ccc4c(c3)C(C)(C)c3ccccc3-4)cc21. The molecule has 0 saturated heterocycles. The van der Waals surface area contributed by atoms with E-state index >= 15 is 0 Å². The van der Waals surface area contributed by atoms with Gasteiger partial charge in [0.1, 0.15) is 0 Å². The highest BCUT2D eigenvalue weighted by atomic mass is 15.0. The average molecular weight is 945 g/mol. The molecule has 16 rings (SSSR count). The summed E-state index contributed by atoms with van der Waals surface area (Å²) in [5.41, 5.74) is 22.6. The summed E-state index contributed by atoms with van der Waals surface area (Å²) in [7, 11) is 0. The molecule has 0 aliphatic heterocycles. The lowest BCUT2D eigenvalue weighted by Gasteiger charge is -2.23. The molecule has 2 aliphatic rings. The van der Waals surface area contributed by atoms with E-state index in [1.165, 1.54) is 98.6 Å². The Hall–Kier alpha value is -9.12. The van der Waals surface area contributed by atoms with Crippen LogP contribution in [0.25, 0.3) is 132 Å². The van der Waals surface area contributed by atoms with Crippen molar-refractivity contribution in [3.05, 3.63) is 241 Å². The zero-order chi connectivity index (χ0) is 49.2. The first kappa shape index (κ1) is 41.5. The van der Waals surface area contributed by atoms with Crippen molar-refractivity contribution in [1.82, 2.24) is 19.1 Å². The number of nitrogens with zero attached hydrogens (tertiary/aromatic N) is 4. The zero-order valence-corrected chi connectivity index (χ0v) is 41.6. The normalized spacial score (nSPS) is 14.2. The highest BCUT2D eigenvalue weighted by Gasteiger charge is 2.37. The highest BCUT2D eigenvalue weighted by Crippen LogP contribution is 2.52. The summed E-state index contributed by atoms with van der Waals surface area (Å²) in [6.45, 7) is 9.40. The summed E-state index contributed by atoms with van der Waals surface area (Å²) in [4.78, 5) is 11.4. The molecule has 3 aromatic heterocycles. The third-order valence-electron chi connectivity index (χ3n) is 17.1. The first-order valence-electron chi connectivity index (χ1n) is 25.9. The van der Waals surface area contributed by atoms with Crippen LogP contribution in [0.5, 0.6) is 0 Å². The summed E-state index contributed by atoms with van der Waals surface area (Å²) in [5, 5.41) is 9.91. The minimum absolute atomic E-state index is 0.160. The van der Waals surface area contributed by atoms with Gasteiger partial charge in [-0.25, -0.2) is 9.97 Å². The Morgan fingerprint density at radius 1 is 0.311 bits per heavy atom. The van der Waals surface area contributed by atoms with Crippen LogP contribution in [-0.4, -0.2) is 19.1 Å². The van der Waals surface area contributed by atoms with Crippen molar-refractivity contribution in [3.63, 3.8) is 0 Å². The minimum Gasteiger partial charge on any atom is -0.309 e. The van der Waals surface area contributed by atoms with Crippen LogP contribution in [0.1, 0.15) is 49.9 Å². The maximum absolute atomic E-state index is 5.78. The molecule has 0 spiro atoms. The molecule has 2 aliphatic carbocycles. The molecular formula is C70H48N4. The molecule has 0 bridgehead atoms. The Morgan fingerprint density at radius 2 is 0.784 bits per heavy atom. The Bertz CT molecular complexity index is 4780. The van der Waals surface area contributed by atoms with Crippen molar-refractivity contribution in [2.24, 2.45) is 0 Å². The third kappa shape index (κ3) is 5.57. The molecule has 0 fully saturated rings. The van der Waals surface area contributed by atoms with Gasteiger partial charge >= 0.3 is 0 Å². The largest absolute Gasteiger partial charge is 0.309 e. The van der Waals surface area contributed by atoms with E-state index in [-0.39, 0.29) is 10.8 Å². The maximum atomic E-state index is 5.78. The van der Waals surface area contributed by atoms with E-state index in [1.807, 2.05) is 0 Å². The van der Waals surface area contributed by atoms with Gasteiger partial charge in [-0.3, -0.25) is 0 Å². The molecule has 348 valence electrons. The van der Waals surface area contributed by atoms with Crippen LogP contribution in [0.4, 0.5) is 0 Å². The molecule has 74 heavy (non-hydrogen) atoms. The van der Waals surface area contributed by atoms with Gasteiger partial charge in [0.25, 0.3) is 0 Å². The molecule has 0 unspecified atom stereocenters. The van der Waals surface area contributed by atoms with Crippen LogP contribution >= 0.6 is 0 Å². The van der Waals surface area contributed by atoms with E-state index in [4.69, 9.17) is 9.97 Å². The van der Waals surface area contributed by atoms with Gasteiger partial charge in [-0.15, -0.1) is 0 Å². The quantitative estimate of drug-likeness (QED) is 0.176. The number of fused-ring (bicyclic) bond motifs is 17. The number of para-hydroxylation sites is 1. The lowest BCUT2D eigenvalue weighted by atomic mass is 9.81. The standard InChI is InChI=1S/C70H48N4/c1-69(2)55-24-14-12-22-49(55)51-31-26-43(36-57(51)69)67-68(44-27-32-52-50-23-13-15-25-56(50)70(3,4)58(52)37-44)72-60-38-46(30-33-59(60)71-67)74-62-35-29-42-17-9-11-21-48(42)66(62)54-39-53-63(40-64(54)74)73(45-18-6-5-7-19-45)61-34-28-41-16-8-10-20-47(41)65(53)61/h5-40H,1-4H3.